The van der Waals surface area contributed by atoms with Gasteiger partial charge in [0, 0.05) is 42.5 Å². The van der Waals surface area contributed by atoms with Crippen LogP contribution in [-0.2, 0) is 5.41 Å². The van der Waals surface area contributed by atoms with Crippen LogP contribution in [0, 0.1) is 35.0 Å². The minimum absolute atomic E-state index is 0.196. The zero-order valence-corrected chi connectivity index (χ0v) is 40.6. The van der Waals surface area contributed by atoms with Gasteiger partial charge in [0.05, 0.1) is 5.69 Å². The van der Waals surface area contributed by atoms with Crippen LogP contribution in [0.5, 0.6) is 0 Å². The Balaban J connectivity index is 0.842. The summed E-state index contributed by atoms with van der Waals surface area (Å²) in [4.78, 5) is 2.56. The molecular formula is C68H57NS. The maximum Gasteiger partial charge on any atom is 0.0540 e. The first-order valence-corrected chi connectivity index (χ1v) is 27.5. The van der Waals surface area contributed by atoms with Gasteiger partial charge >= 0.3 is 0 Å². The van der Waals surface area contributed by atoms with Gasteiger partial charge in [-0.2, -0.15) is 0 Å². The first-order chi connectivity index (χ1) is 34.7. The highest BCUT2D eigenvalue weighted by Crippen LogP contribution is 2.89. The molecule has 7 unspecified atom stereocenters. The first kappa shape index (κ1) is 40.3. The lowest BCUT2D eigenvalue weighted by Crippen LogP contribution is -2.73. The topological polar surface area (TPSA) is 3.24 Å². The molecule has 0 aliphatic heterocycles. The molecule has 2 spiro atoms. The Labute approximate surface area is 416 Å². The third kappa shape index (κ3) is 5.39. The smallest absolute Gasteiger partial charge is 0.0540 e. The largest absolute Gasteiger partial charge is 0.310 e. The Bertz CT molecular complexity index is 3640. The van der Waals surface area contributed by atoms with Crippen molar-refractivity contribution in [2.75, 3.05) is 4.90 Å². The van der Waals surface area contributed by atoms with Crippen LogP contribution in [0.25, 0.3) is 70.8 Å². The number of allylic oxidation sites excluding steroid dienone is 1. The fourth-order valence-corrected chi connectivity index (χ4v) is 18.4. The van der Waals surface area contributed by atoms with Gasteiger partial charge in [0.25, 0.3) is 0 Å². The van der Waals surface area contributed by atoms with Gasteiger partial charge in [0.1, 0.15) is 0 Å². The molecule has 16 rings (SSSR count). The van der Waals surface area contributed by atoms with E-state index >= 15 is 0 Å². The molecule has 1 heterocycles. The fraction of sp³-hybridized carbons (Fsp3) is 0.265. The van der Waals surface area contributed by atoms with Crippen LogP contribution < -0.4 is 4.90 Å². The molecule has 2 bridgehead atoms. The van der Waals surface area contributed by atoms with Crippen LogP contribution >= 0.6 is 11.3 Å². The van der Waals surface area contributed by atoms with Crippen molar-refractivity contribution in [3.8, 4) is 44.5 Å². The molecule has 7 atom stereocenters. The SMILES string of the molecule is C1=Cc2cccc(-c3ccccc3N(c3ccc(-c4ccc5c(c4)C4(c6ccccc6-5)C5CC6CC7CC4C75C6)cc3)c3cccc(-c4cccc5sc6ccccc6c45)c3)c2C(C2CCCCC2)C1. The summed E-state index contributed by atoms with van der Waals surface area (Å²) in [6.07, 6.45) is 18.6. The number of hydrogen-bond donors (Lipinski definition) is 0. The quantitative estimate of drug-likeness (QED) is 0.154. The molecule has 1 aromatic heterocycles. The predicted molar refractivity (Wildman–Crippen MR) is 294 cm³/mol. The Morgan fingerprint density at radius 1 is 0.514 bits per heavy atom. The molecule has 1 nitrogen and oxygen atoms in total. The average molecular weight is 920 g/mol. The van der Waals surface area contributed by atoms with E-state index in [4.69, 9.17) is 0 Å². The van der Waals surface area contributed by atoms with Crippen molar-refractivity contribution in [2.24, 2.45) is 35.0 Å². The zero-order valence-electron chi connectivity index (χ0n) is 39.8. The molecule has 5 fully saturated rings. The molecule has 0 radical (unpaired) electrons. The molecule has 0 amide bonds. The summed E-state index contributed by atoms with van der Waals surface area (Å²) in [7, 11) is 0. The molecule has 5 saturated carbocycles. The van der Waals surface area contributed by atoms with Gasteiger partial charge in [-0.3, -0.25) is 0 Å². The summed E-state index contributed by atoms with van der Waals surface area (Å²) >= 11 is 1.90. The summed E-state index contributed by atoms with van der Waals surface area (Å²) in [5.74, 6) is 4.82. The predicted octanol–water partition coefficient (Wildman–Crippen LogP) is 18.9. The number of fused-ring (bicyclic) bond motifs is 12. The van der Waals surface area contributed by atoms with Crippen LogP contribution in [0.3, 0.4) is 0 Å². The van der Waals surface area contributed by atoms with Gasteiger partial charge in [0.15, 0.2) is 0 Å². The molecule has 0 N–H and O–H groups in total. The van der Waals surface area contributed by atoms with Crippen LogP contribution in [0.1, 0.15) is 92.4 Å². The number of benzene rings is 8. The average Bonchev–Trinajstić information content (AvgIpc) is 4.17. The lowest BCUT2D eigenvalue weighted by molar-refractivity contribution is -0.231. The summed E-state index contributed by atoms with van der Waals surface area (Å²) in [5.41, 5.74) is 21.5. The zero-order chi connectivity index (χ0) is 45.7. The lowest BCUT2D eigenvalue weighted by atomic mass is 9.27. The van der Waals surface area contributed by atoms with Crippen molar-refractivity contribution in [2.45, 2.75) is 75.5 Å². The summed E-state index contributed by atoms with van der Waals surface area (Å²) in [6.45, 7) is 0. The normalized spacial score (nSPS) is 26.4. The summed E-state index contributed by atoms with van der Waals surface area (Å²) < 4.78 is 2.68. The monoisotopic (exact) mass is 919 g/mol. The van der Waals surface area contributed by atoms with Gasteiger partial charge in [-0.15, -0.1) is 11.3 Å². The highest BCUT2D eigenvalue weighted by Gasteiger charge is 2.84. The molecule has 340 valence electrons. The third-order valence-corrected chi connectivity index (χ3v) is 20.9. The Kier molecular flexibility index (Phi) is 8.64. The van der Waals surface area contributed by atoms with E-state index in [1.165, 1.54) is 145 Å². The summed E-state index contributed by atoms with van der Waals surface area (Å²) in [5, 5.41) is 2.69. The minimum atomic E-state index is 0.196. The molecule has 7 aliphatic rings. The Morgan fingerprint density at radius 3 is 2.17 bits per heavy atom. The molecule has 8 aromatic carbocycles. The van der Waals surface area contributed by atoms with E-state index < -0.39 is 0 Å². The number of rotatable bonds is 7. The second-order valence-electron chi connectivity index (χ2n) is 22.5. The van der Waals surface area contributed by atoms with E-state index in [1.54, 1.807) is 16.7 Å². The van der Waals surface area contributed by atoms with Gasteiger partial charge in [-0.1, -0.05) is 159 Å². The van der Waals surface area contributed by atoms with Crippen LogP contribution in [0.2, 0.25) is 0 Å². The lowest BCUT2D eigenvalue weighted by Gasteiger charge is -2.76. The Morgan fingerprint density at radius 2 is 1.26 bits per heavy atom. The first-order valence-electron chi connectivity index (χ1n) is 26.7. The standard InChI is InChI=1S/C68H57NS/c1-2-14-44(15-3-1)51-23-11-16-45-17-12-25-56(65(45)51)55-21-5-8-27-60(55)69(50-19-10-18-47(38-50)52-24-13-29-62-66(52)57-22-6-9-28-61(57)70-62)49-33-30-43(31-34-49)46-32-35-54-53-20-4-7-26-58(53)68(59(54)39-46)63-37-42-36-48-40-64(68)67(48,63)41-42/h4-13,16-22,24-35,38-39,42,44,48,51,63-64H,1-3,14-15,23,36-37,40-41H2. The molecular weight excluding hydrogens is 863 g/mol. The Hall–Kier alpha value is -6.48. The van der Waals surface area contributed by atoms with Crippen molar-refractivity contribution in [3.63, 3.8) is 0 Å². The van der Waals surface area contributed by atoms with E-state index in [-0.39, 0.29) is 5.41 Å². The van der Waals surface area contributed by atoms with E-state index in [0.717, 1.165) is 36.0 Å². The second kappa shape index (κ2) is 15.0. The van der Waals surface area contributed by atoms with Gasteiger partial charge in [-0.05, 0) is 196 Å². The van der Waals surface area contributed by atoms with Crippen LogP contribution in [-0.4, -0.2) is 0 Å². The second-order valence-corrected chi connectivity index (χ2v) is 23.6. The van der Waals surface area contributed by atoms with Crippen LogP contribution in [0.4, 0.5) is 17.1 Å². The third-order valence-electron chi connectivity index (χ3n) is 19.8. The van der Waals surface area contributed by atoms with Crippen molar-refractivity contribution in [3.05, 3.63) is 204 Å². The van der Waals surface area contributed by atoms with E-state index in [1.807, 2.05) is 11.3 Å². The van der Waals surface area contributed by atoms with Crippen molar-refractivity contribution in [1.29, 1.82) is 0 Å². The molecule has 0 saturated heterocycles. The molecule has 7 aliphatic carbocycles. The maximum absolute atomic E-state index is 2.65. The molecule has 70 heavy (non-hydrogen) atoms. The maximum atomic E-state index is 2.65. The summed E-state index contributed by atoms with van der Waals surface area (Å²) in [6, 6.07) is 68.2. The van der Waals surface area contributed by atoms with Gasteiger partial charge in [-0.25, -0.2) is 0 Å². The van der Waals surface area contributed by atoms with Gasteiger partial charge in [0.2, 0.25) is 0 Å². The fourth-order valence-electron chi connectivity index (χ4n) is 17.3. The minimum Gasteiger partial charge on any atom is -0.310 e. The number of hydrogen-bond acceptors (Lipinski definition) is 2. The van der Waals surface area contributed by atoms with Crippen molar-refractivity contribution in [1.82, 2.24) is 0 Å². The van der Waals surface area contributed by atoms with Crippen molar-refractivity contribution < 1.29 is 0 Å². The van der Waals surface area contributed by atoms with Gasteiger partial charge < -0.3 is 4.90 Å². The number of nitrogens with zero attached hydrogens (tertiary/aromatic N) is 1. The van der Waals surface area contributed by atoms with E-state index in [0.29, 0.717) is 11.3 Å². The highest BCUT2D eigenvalue weighted by atomic mass is 32.1. The van der Waals surface area contributed by atoms with E-state index in [2.05, 4.69) is 193 Å². The highest BCUT2D eigenvalue weighted by molar-refractivity contribution is 7.25. The van der Waals surface area contributed by atoms with Crippen LogP contribution in [0.15, 0.2) is 182 Å². The van der Waals surface area contributed by atoms with E-state index in [9.17, 15) is 0 Å². The molecule has 9 aromatic rings. The number of para-hydroxylation sites is 1. The number of thiophene rings is 1. The van der Waals surface area contributed by atoms with Crippen molar-refractivity contribution >= 4 is 54.6 Å². The number of anilines is 3. The molecule has 2 heteroatoms.